The molecule has 8 heteroatoms. The summed E-state index contributed by atoms with van der Waals surface area (Å²) in [4.78, 5) is 16.7. The van der Waals surface area contributed by atoms with Crippen LogP contribution >= 0.6 is 0 Å². The van der Waals surface area contributed by atoms with Crippen molar-refractivity contribution in [3.05, 3.63) is 84.4 Å². The predicted molar refractivity (Wildman–Crippen MR) is 115 cm³/mol. The van der Waals surface area contributed by atoms with E-state index in [1.54, 1.807) is 36.8 Å². The third-order valence-electron chi connectivity index (χ3n) is 4.65. The predicted octanol–water partition coefficient (Wildman–Crippen LogP) is 2.59. The molecule has 0 fully saturated rings. The van der Waals surface area contributed by atoms with Gasteiger partial charge in [0.05, 0.1) is 17.8 Å². The number of imidazole rings is 1. The van der Waals surface area contributed by atoms with Gasteiger partial charge in [0.2, 0.25) is 15.9 Å². The molecule has 0 unspecified atom stereocenters. The van der Waals surface area contributed by atoms with Crippen molar-refractivity contribution in [3.63, 3.8) is 0 Å². The van der Waals surface area contributed by atoms with E-state index in [4.69, 9.17) is 0 Å². The molecule has 0 atom stereocenters. The van der Waals surface area contributed by atoms with Gasteiger partial charge >= 0.3 is 0 Å². The lowest BCUT2D eigenvalue weighted by Crippen LogP contribution is -2.40. The number of benzene rings is 2. The fraction of sp³-hybridized carbons (Fsp3) is 0.273. The molecule has 3 rings (SSSR count). The monoisotopic (exact) mass is 426 g/mol. The van der Waals surface area contributed by atoms with Crippen molar-refractivity contribution < 1.29 is 13.2 Å². The summed E-state index contributed by atoms with van der Waals surface area (Å²) in [7, 11) is -3.82. The first-order valence-corrected chi connectivity index (χ1v) is 11.2. The Labute approximate surface area is 177 Å². The van der Waals surface area contributed by atoms with Gasteiger partial charge in [0, 0.05) is 32.0 Å². The van der Waals surface area contributed by atoms with E-state index < -0.39 is 10.0 Å². The summed E-state index contributed by atoms with van der Waals surface area (Å²) in [6, 6.07) is 15.9. The number of carbonyl (C=O) groups excluding carboxylic acids is 1. The molecule has 0 spiro atoms. The molecule has 0 saturated carbocycles. The van der Waals surface area contributed by atoms with Crippen molar-refractivity contribution in [1.82, 2.24) is 19.2 Å². The van der Waals surface area contributed by atoms with Crippen LogP contribution in [0.3, 0.4) is 0 Å². The molecule has 0 aliphatic rings. The molecular formula is C22H26N4O3S. The maximum atomic E-state index is 13.2. The second-order valence-corrected chi connectivity index (χ2v) is 9.01. The van der Waals surface area contributed by atoms with Gasteiger partial charge in [-0.2, -0.15) is 4.31 Å². The Morgan fingerprint density at radius 3 is 2.50 bits per heavy atom. The molecule has 0 saturated heterocycles. The average Bonchev–Trinajstić information content (AvgIpc) is 3.25. The fourth-order valence-corrected chi connectivity index (χ4v) is 4.38. The van der Waals surface area contributed by atoms with Crippen molar-refractivity contribution in [2.75, 3.05) is 13.1 Å². The first-order chi connectivity index (χ1) is 14.4. The lowest BCUT2D eigenvalue weighted by atomic mass is 10.2. The summed E-state index contributed by atoms with van der Waals surface area (Å²) >= 11 is 0. The first kappa shape index (κ1) is 21.7. The molecule has 30 heavy (non-hydrogen) atoms. The minimum atomic E-state index is -3.82. The zero-order valence-corrected chi connectivity index (χ0v) is 17.8. The molecule has 7 nitrogen and oxygen atoms in total. The molecule has 0 radical (unpaired) electrons. The Morgan fingerprint density at radius 2 is 1.83 bits per heavy atom. The van der Waals surface area contributed by atoms with Gasteiger partial charge in [-0.3, -0.25) is 4.79 Å². The molecule has 3 aromatic rings. The van der Waals surface area contributed by atoms with Gasteiger partial charge in [0.15, 0.2) is 0 Å². The molecule has 0 aliphatic carbocycles. The minimum Gasteiger partial charge on any atom is -0.355 e. The molecule has 0 aliphatic heterocycles. The van der Waals surface area contributed by atoms with E-state index in [0.717, 1.165) is 24.1 Å². The van der Waals surface area contributed by atoms with E-state index in [-0.39, 0.29) is 23.9 Å². The minimum absolute atomic E-state index is 0.125. The van der Waals surface area contributed by atoms with Crippen LogP contribution in [0, 0.1) is 6.92 Å². The van der Waals surface area contributed by atoms with Gasteiger partial charge < -0.3 is 9.88 Å². The first-order valence-electron chi connectivity index (χ1n) is 9.78. The number of rotatable bonds is 10. The zero-order valence-electron chi connectivity index (χ0n) is 16.9. The van der Waals surface area contributed by atoms with Crippen LogP contribution < -0.4 is 5.32 Å². The Kier molecular flexibility index (Phi) is 7.37. The van der Waals surface area contributed by atoms with E-state index in [1.807, 2.05) is 48.0 Å². The van der Waals surface area contributed by atoms with Crippen LogP contribution in [0.1, 0.15) is 17.5 Å². The number of amides is 1. The summed E-state index contributed by atoms with van der Waals surface area (Å²) in [5, 5.41) is 2.82. The molecule has 1 aromatic heterocycles. The number of aromatic nitrogens is 2. The van der Waals surface area contributed by atoms with Crippen molar-refractivity contribution in [2.24, 2.45) is 0 Å². The number of hydrogen-bond acceptors (Lipinski definition) is 4. The van der Waals surface area contributed by atoms with Crippen molar-refractivity contribution in [2.45, 2.75) is 31.3 Å². The summed E-state index contributed by atoms with van der Waals surface area (Å²) in [6.45, 7) is 2.97. The highest BCUT2D eigenvalue weighted by Gasteiger charge is 2.26. The van der Waals surface area contributed by atoms with E-state index in [0.29, 0.717) is 6.54 Å². The van der Waals surface area contributed by atoms with Crippen LogP contribution in [0.2, 0.25) is 0 Å². The quantitative estimate of drug-likeness (QED) is 0.505. The highest BCUT2D eigenvalue weighted by molar-refractivity contribution is 7.89. The van der Waals surface area contributed by atoms with E-state index in [2.05, 4.69) is 10.3 Å². The molecular weight excluding hydrogens is 400 g/mol. The number of hydrogen-bond donors (Lipinski definition) is 1. The third kappa shape index (κ3) is 6.01. The maximum absolute atomic E-state index is 13.2. The summed E-state index contributed by atoms with van der Waals surface area (Å²) in [6.07, 6.45) is 6.01. The number of nitrogens with zero attached hydrogens (tertiary/aromatic N) is 3. The van der Waals surface area contributed by atoms with Gasteiger partial charge in [0.1, 0.15) is 0 Å². The summed E-state index contributed by atoms with van der Waals surface area (Å²) in [5.74, 6) is -0.327. The number of nitrogens with one attached hydrogen (secondary N) is 1. The van der Waals surface area contributed by atoms with Gasteiger partial charge in [-0.25, -0.2) is 13.4 Å². The van der Waals surface area contributed by atoms with Crippen LogP contribution in [0.25, 0.3) is 0 Å². The number of sulfonamides is 1. The highest BCUT2D eigenvalue weighted by atomic mass is 32.2. The molecule has 1 heterocycles. The molecule has 1 amide bonds. The maximum Gasteiger partial charge on any atom is 0.243 e. The normalized spacial score (nSPS) is 11.5. The molecule has 0 bridgehead atoms. The molecule has 2 aromatic carbocycles. The second-order valence-electron chi connectivity index (χ2n) is 7.08. The Balaban J connectivity index is 1.67. The topological polar surface area (TPSA) is 84.3 Å². The Hall–Kier alpha value is -2.97. The fourth-order valence-electron chi connectivity index (χ4n) is 3.00. The van der Waals surface area contributed by atoms with Crippen molar-refractivity contribution in [3.8, 4) is 0 Å². The summed E-state index contributed by atoms with van der Waals surface area (Å²) < 4.78 is 29.6. The molecule has 158 valence electrons. The summed E-state index contributed by atoms with van der Waals surface area (Å²) in [5.41, 5.74) is 1.79. The number of aryl methyl sites for hydroxylation is 2. The van der Waals surface area contributed by atoms with Crippen LogP contribution in [0.4, 0.5) is 0 Å². The van der Waals surface area contributed by atoms with Gasteiger partial charge in [0.25, 0.3) is 0 Å². The van der Waals surface area contributed by atoms with Gasteiger partial charge in [-0.05, 0) is 31.0 Å². The van der Waals surface area contributed by atoms with E-state index in [9.17, 15) is 13.2 Å². The van der Waals surface area contributed by atoms with Crippen molar-refractivity contribution >= 4 is 15.9 Å². The second kappa shape index (κ2) is 10.2. The zero-order chi connectivity index (χ0) is 21.4. The van der Waals surface area contributed by atoms with Crippen LogP contribution in [0.5, 0.6) is 0 Å². The smallest absolute Gasteiger partial charge is 0.243 e. The largest absolute Gasteiger partial charge is 0.355 e. The lowest BCUT2D eigenvalue weighted by Gasteiger charge is -2.22. The van der Waals surface area contributed by atoms with Crippen LogP contribution in [0.15, 0.2) is 78.2 Å². The average molecular weight is 427 g/mol. The third-order valence-corrected chi connectivity index (χ3v) is 6.46. The highest BCUT2D eigenvalue weighted by Crippen LogP contribution is 2.19. The Morgan fingerprint density at radius 1 is 1.10 bits per heavy atom. The van der Waals surface area contributed by atoms with E-state index >= 15 is 0 Å². The van der Waals surface area contributed by atoms with Crippen LogP contribution in [-0.2, 0) is 27.9 Å². The Bertz CT molecular complexity index is 1030. The SMILES string of the molecule is Cc1ccc(S(=O)(=O)N(CC(=O)NCCCn2ccnc2)Cc2ccccc2)cc1. The molecule has 1 N–H and O–H groups in total. The van der Waals surface area contributed by atoms with Crippen molar-refractivity contribution in [1.29, 1.82) is 0 Å². The van der Waals surface area contributed by atoms with Crippen LogP contribution in [-0.4, -0.2) is 41.3 Å². The van der Waals surface area contributed by atoms with Gasteiger partial charge in [-0.15, -0.1) is 0 Å². The van der Waals surface area contributed by atoms with Gasteiger partial charge in [-0.1, -0.05) is 48.0 Å². The van der Waals surface area contributed by atoms with E-state index in [1.165, 1.54) is 4.31 Å². The standard InChI is InChI=1S/C22H26N4O3S/c1-19-8-10-21(11-9-19)30(28,29)26(16-20-6-3-2-4-7-20)17-22(27)24-12-5-14-25-15-13-23-18-25/h2-4,6-11,13,15,18H,5,12,14,16-17H2,1H3,(H,24,27). The lowest BCUT2D eigenvalue weighted by molar-refractivity contribution is -0.121. The number of carbonyl (C=O) groups is 1.